The van der Waals surface area contributed by atoms with Gasteiger partial charge >= 0.3 is 6.18 Å². The summed E-state index contributed by atoms with van der Waals surface area (Å²) in [6.45, 7) is 3.73. The maximum atomic E-state index is 12.3. The van der Waals surface area contributed by atoms with Gasteiger partial charge in [0.05, 0.1) is 0 Å². The molecule has 1 aromatic heterocycles. The van der Waals surface area contributed by atoms with E-state index in [0.29, 0.717) is 6.54 Å². The highest BCUT2D eigenvalue weighted by Gasteiger charge is 2.33. The van der Waals surface area contributed by atoms with Gasteiger partial charge in [-0.05, 0) is 45.0 Å². The third-order valence-corrected chi connectivity index (χ3v) is 2.99. The van der Waals surface area contributed by atoms with Crippen molar-refractivity contribution >= 4 is 0 Å². The van der Waals surface area contributed by atoms with Gasteiger partial charge in [0.1, 0.15) is 0 Å². The molecule has 1 fully saturated rings. The Bertz CT molecular complexity index is 353. The van der Waals surface area contributed by atoms with Crippen LogP contribution in [0.15, 0.2) is 12.3 Å². The maximum Gasteiger partial charge on any atom is 0.435 e. The maximum absolute atomic E-state index is 12.3. The van der Waals surface area contributed by atoms with Gasteiger partial charge in [-0.15, -0.1) is 0 Å². The van der Waals surface area contributed by atoms with Gasteiger partial charge in [-0.2, -0.15) is 18.3 Å². The van der Waals surface area contributed by atoms with Crippen LogP contribution in [0.5, 0.6) is 0 Å². The van der Waals surface area contributed by atoms with E-state index in [1.54, 1.807) is 0 Å². The molecule has 3 nitrogen and oxygen atoms in total. The van der Waals surface area contributed by atoms with Crippen molar-refractivity contribution in [3.8, 4) is 0 Å². The molecule has 0 bridgehead atoms. The summed E-state index contributed by atoms with van der Waals surface area (Å²) in [6.07, 6.45) is 0.381. The predicted octanol–water partition coefficient (Wildman–Crippen LogP) is 2.39. The molecule has 0 N–H and O–H groups in total. The van der Waals surface area contributed by atoms with Crippen LogP contribution in [0.2, 0.25) is 0 Å². The Balaban J connectivity index is 1.77. The van der Waals surface area contributed by atoms with Gasteiger partial charge in [0.15, 0.2) is 5.69 Å². The number of hydrogen-bond acceptors (Lipinski definition) is 2. The van der Waals surface area contributed by atoms with E-state index in [1.807, 2.05) is 0 Å². The lowest BCUT2D eigenvalue weighted by molar-refractivity contribution is -0.141. The standard InChI is InChI=1S/C11H16F3N3/c12-11(13,14)10-4-9-17(15-10)8-3-7-16-5-1-2-6-16/h4,9H,1-3,5-8H2. The van der Waals surface area contributed by atoms with Crippen LogP contribution in [-0.4, -0.2) is 34.3 Å². The van der Waals surface area contributed by atoms with Crippen LogP contribution >= 0.6 is 0 Å². The number of likely N-dealkylation sites (tertiary alicyclic amines) is 1. The molecule has 0 saturated carbocycles. The van der Waals surface area contributed by atoms with Gasteiger partial charge in [-0.3, -0.25) is 4.68 Å². The number of alkyl halides is 3. The topological polar surface area (TPSA) is 21.1 Å². The molecule has 0 spiro atoms. The molecule has 96 valence electrons. The molecule has 0 atom stereocenters. The van der Waals surface area contributed by atoms with Crippen LogP contribution in [0.1, 0.15) is 25.0 Å². The van der Waals surface area contributed by atoms with Gasteiger partial charge < -0.3 is 4.90 Å². The van der Waals surface area contributed by atoms with Crippen LogP contribution in [0.4, 0.5) is 13.2 Å². The molecule has 2 rings (SSSR count). The first-order valence-electron chi connectivity index (χ1n) is 5.89. The van der Waals surface area contributed by atoms with E-state index < -0.39 is 11.9 Å². The minimum Gasteiger partial charge on any atom is -0.303 e. The molecule has 1 aromatic rings. The van der Waals surface area contributed by atoms with Gasteiger partial charge in [0, 0.05) is 12.7 Å². The summed E-state index contributed by atoms with van der Waals surface area (Å²) in [5, 5.41) is 3.52. The largest absolute Gasteiger partial charge is 0.435 e. The summed E-state index contributed by atoms with van der Waals surface area (Å²) in [4.78, 5) is 2.34. The molecule has 0 radical (unpaired) electrons. The summed E-state index contributed by atoms with van der Waals surface area (Å²) in [5.74, 6) is 0. The van der Waals surface area contributed by atoms with E-state index in [1.165, 1.54) is 23.7 Å². The Morgan fingerprint density at radius 1 is 1.18 bits per heavy atom. The van der Waals surface area contributed by atoms with Gasteiger partial charge in [0.2, 0.25) is 0 Å². The minimum absolute atomic E-state index is 0.548. The Morgan fingerprint density at radius 2 is 1.88 bits per heavy atom. The Hall–Kier alpha value is -1.04. The Labute approximate surface area is 98.2 Å². The lowest BCUT2D eigenvalue weighted by Crippen LogP contribution is -2.21. The minimum atomic E-state index is -4.33. The molecule has 1 aliphatic rings. The monoisotopic (exact) mass is 247 g/mol. The first kappa shape index (κ1) is 12.4. The highest BCUT2D eigenvalue weighted by Crippen LogP contribution is 2.27. The molecule has 0 aliphatic carbocycles. The van der Waals surface area contributed by atoms with E-state index in [9.17, 15) is 13.2 Å². The summed E-state index contributed by atoms with van der Waals surface area (Å²) in [5.41, 5.74) is -0.807. The van der Waals surface area contributed by atoms with Gasteiger partial charge in [0.25, 0.3) is 0 Å². The van der Waals surface area contributed by atoms with Crippen molar-refractivity contribution in [2.24, 2.45) is 0 Å². The number of hydrogen-bond donors (Lipinski definition) is 0. The molecule has 1 aliphatic heterocycles. The first-order valence-corrected chi connectivity index (χ1v) is 5.89. The van der Waals surface area contributed by atoms with Crippen molar-refractivity contribution in [3.05, 3.63) is 18.0 Å². The predicted molar refractivity (Wildman–Crippen MR) is 57.5 cm³/mol. The quantitative estimate of drug-likeness (QED) is 0.814. The molecule has 0 amide bonds. The smallest absolute Gasteiger partial charge is 0.303 e. The van der Waals surface area contributed by atoms with Crippen LogP contribution in [0.25, 0.3) is 0 Å². The highest BCUT2D eigenvalue weighted by atomic mass is 19.4. The van der Waals surface area contributed by atoms with Gasteiger partial charge in [-0.1, -0.05) is 0 Å². The molecular formula is C11H16F3N3. The Kier molecular flexibility index (Phi) is 3.71. The van der Waals surface area contributed by atoms with Crippen LogP contribution in [-0.2, 0) is 12.7 Å². The number of rotatable bonds is 4. The number of nitrogens with zero attached hydrogens (tertiary/aromatic N) is 3. The molecule has 6 heteroatoms. The van der Waals surface area contributed by atoms with E-state index in [0.717, 1.165) is 32.1 Å². The fourth-order valence-electron chi connectivity index (χ4n) is 2.10. The first-order chi connectivity index (χ1) is 8.05. The zero-order valence-corrected chi connectivity index (χ0v) is 9.58. The van der Waals surface area contributed by atoms with Crippen molar-refractivity contribution < 1.29 is 13.2 Å². The molecule has 1 saturated heterocycles. The zero-order valence-electron chi connectivity index (χ0n) is 9.58. The van der Waals surface area contributed by atoms with E-state index in [2.05, 4.69) is 10.00 Å². The molecule has 2 heterocycles. The van der Waals surface area contributed by atoms with E-state index >= 15 is 0 Å². The van der Waals surface area contributed by atoms with E-state index in [4.69, 9.17) is 0 Å². The van der Waals surface area contributed by atoms with Crippen molar-refractivity contribution in [2.75, 3.05) is 19.6 Å². The third kappa shape index (κ3) is 3.46. The van der Waals surface area contributed by atoms with Crippen LogP contribution in [0.3, 0.4) is 0 Å². The molecular weight excluding hydrogens is 231 g/mol. The van der Waals surface area contributed by atoms with Gasteiger partial charge in [-0.25, -0.2) is 0 Å². The lowest BCUT2D eigenvalue weighted by atomic mass is 10.4. The average molecular weight is 247 g/mol. The van der Waals surface area contributed by atoms with Crippen molar-refractivity contribution in [2.45, 2.75) is 32.0 Å². The van der Waals surface area contributed by atoms with Crippen molar-refractivity contribution in [1.29, 1.82) is 0 Å². The second kappa shape index (κ2) is 5.08. The molecule has 17 heavy (non-hydrogen) atoms. The van der Waals surface area contributed by atoms with Crippen molar-refractivity contribution in [3.63, 3.8) is 0 Å². The highest BCUT2D eigenvalue weighted by molar-refractivity contribution is 5.03. The zero-order chi connectivity index (χ0) is 12.3. The summed E-state index contributed by atoms with van der Waals surface area (Å²) in [7, 11) is 0. The fraction of sp³-hybridized carbons (Fsp3) is 0.727. The van der Waals surface area contributed by atoms with Crippen LogP contribution in [0, 0.1) is 0 Å². The van der Waals surface area contributed by atoms with E-state index in [-0.39, 0.29) is 0 Å². The summed E-state index contributed by atoms with van der Waals surface area (Å²) in [6, 6.07) is 1.02. The SMILES string of the molecule is FC(F)(F)c1ccn(CCCN2CCCC2)n1. The third-order valence-electron chi connectivity index (χ3n) is 2.99. The number of aromatic nitrogens is 2. The average Bonchev–Trinajstić information content (AvgIpc) is 2.86. The molecule has 0 aromatic carbocycles. The second-order valence-corrected chi connectivity index (χ2v) is 4.36. The summed E-state index contributed by atoms with van der Waals surface area (Å²) >= 11 is 0. The van der Waals surface area contributed by atoms with Crippen molar-refractivity contribution in [1.82, 2.24) is 14.7 Å². The normalized spacial score (nSPS) is 17.8. The second-order valence-electron chi connectivity index (χ2n) is 4.36. The fourth-order valence-corrected chi connectivity index (χ4v) is 2.10. The number of halogens is 3. The lowest BCUT2D eigenvalue weighted by Gasteiger charge is -2.13. The number of aryl methyl sites for hydroxylation is 1. The van der Waals surface area contributed by atoms with Crippen LogP contribution < -0.4 is 0 Å². The molecule has 0 unspecified atom stereocenters. The Morgan fingerprint density at radius 3 is 2.47 bits per heavy atom. The summed E-state index contributed by atoms with van der Waals surface area (Å²) < 4.78 is 38.2.